The normalized spacial score (nSPS) is 20.0. The largest absolute Gasteiger partial charge is 0.342 e. The first-order valence-corrected chi connectivity index (χ1v) is 9.94. The molecule has 28 heavy (non-hydrogen) atoms. The number of nitrogens with zero attached hydrogens (tertiary/aromatic N) is 3. The first kappa shape index (κ1) is 20.7. The van der Waals surface area contributed by atoms with Gasteiger partial charge in [0.15, 0.2) is 0 Å². The summed E-state index contributed by atoms with van der Waals surface area (Å²) in [5.41, 5.74) is -0.150. The summed E-state index contributed by atoms with van der Waals surface area (Å²) in [6, 6.07) is 2.51. The van der Waals surface area contributed by atoms with E-state index >= 15 is 0 Å². The number of hydrogen-bond donors (Lipinski definition) is 1. The lowest BCUT2D eigenvalue weighted by atomic mass is 10.1. The Hall–Kier alpha value is -2.06. The van der Waals surface area contributed by atoms with Crippen molar-refractivity contribution in [3.8, 4) is 0 Å². The topological polar surface area (TPSA) is 55.9 Å². The fraction of sp³-hybridized carbons (Fsp3) is 0.600. The number of rotatable bonds is 5. The van der Waals surface area contributed by atoms with Gasteiger partial charge >= 0.3 is 0 Å². The van der Waals surface area contributed by atoms with Gasteiger partial charge in [0.2, 0.25) is 11.8 Å². The van der Waals surface area contributed by atoms with Gasteiger partial charge in [0.1, 0.15) is 11.6 Å². The van der Waals surface area contributed by atoms with Crippen LogP contribution < -0.4 is 5.32 Å². The molecule has 0 saturated carbocycles. The zero-order valence-electron chi connectivity index (χ0n) is 16.3. The van der Waals surface area contributed by atoms with Gasteiger partial charge in [-0.15, -0.1) is 0 Å². The van der Waals surface area contributed by atoms with E-state index in [2.05, 4.69) is 10.2 Å². The molecule has 0 unspecified atom stereocenters. The van der Waals surface area contributed by atoms with Crippen molar-refractivity contribution >= 4 is 17.5 Å². The third-order valence-corrected chi connectivity index (χ3v) is 5.59. The Morgan fingerprint density at radius 2 is 1.71 bits per heavy atom. The van der Waals surface area contributed by atoms with Crippen molar-refractivity contribution in [1.29, 1.82) is 0 Å². The number of benzene rings is 1. The highest BCUT2D eigenvalue weighted by atomic mass is 19.1. The summed E-state index contributed by atoms with van der Waals surface area (Å²) < 4.78 is 27.0. The third kappa shape index (κ3) is 5.26. The van der Waals surface area contributed by atoms with Crippen LogP contribution in [0.25, 0.3) is 0 Å². The van der Waals surface area contributed by atoms with Crippen molar-refractivity contribution in [2.75, 3.05) is 51.1 Å². The van der Waals surface area contributed by atoms with E-state index in [1.54, 1.807) is 6.92 Å². The molecule has 0 aromatic heterocycles. The molecule has 2 fully saturated rings. The molecule has 154 valence electrons. The van der Waals surface area contributed by atoms with Crippen LogP contribution in [0.2, 0.25) is 0 Å². The summed E-state index contributed by atoms with van der Waals surface area (Å²) in [4.78, 5) is 30.9. The molecule has 1 aromatic carbocycles. The molecule has 0 bridgehead atoms. The number of amides is 2. The quantitative estimate of drug-likeness (QED) is 0.829. The maximum Gasteiger partial charge on any atom is 0.241 e. The summed E-state index contributed by atoms with van der Waals surface area (Å²) in [7, 11) is 0. The Kier molecular flexibility index (Phi) is 6.96. The standard InChI is InChI=1S/C20H28F2N4O2/c1-15(20(28)23-18-13-16(21)5-6-17(18)22)25-11-9-24(10-12-25)14-19(27)26-7-3-2-4-8-26/h5-6,13,15H,2-4,7-12,14H2,1H3,(H,23,28)/t15-/m0/s1. The van der Waals surface area contributed by atoms with Crippen molar-refractivity contribution in [3.05, 3.63) is 29.8 Å². The summed E-state index contributed by atoms with van der Waals surface area (Å²) in [6.07, 6.45) is 3.36. The highest BCUT2D eigenvalue weighted by Crippen LogP contribution is 2.17. The maximum atomic E-state index is 13.7. The van der Waals surface area contributed by atoms with Gasteiger partial charge < -0.3 is 10.2 Å². The Bertz CT molecular complexity index is 701. The predicted octanol–water partition coefficient (Wildman–Crippen LogP) is 1.92. The Balaban J connectivity index is 1.46. The van der Waals surface area contributed by atoms with Crippen molar-refractivity contribution in [2.24, 2.45) is 0 Å². The molecule has 0 aliphatic carbocycles. The average molecular weight is 394 g/mol. The third-order valence-electron chi connectivity index (χ3n) is 5.59. The highest BCUT2D eigenvalue weighted by molar-refractivity contribution is 5.94. The van der Waals surface area contributed by atoms with Crippen LogP contribution in [0.5, 0.6) is 0 Å². The van der Waals surface area contributed by atoms with Crippen LogP contribution in [0.4, 0.5) is 14.5 Å². The van der Waals surface area contributed by atoms with Crippen molar-refractivity contribution in [2.45, 2.75) is 32.2 Å². The number of likely N-dealkylation sites (tertiary alicyclic amines) is 1. The van der Waals surface area contributed by atoms with E-state index < -0.39 is 17.7 Å². The first-order valence-electron chi connectivity index (χ1n) is 9.94. The van der Waals surface area contributed by atoms with Crippen molar-refractivity contribution in [3.63, 3.8) is 0 Å². The maximum absolute atomic E-state index is 13.7. The van der Waals surface area contributed by atoms with Gasteiger partial charge in [-0.05, 0) is 38.3 Å². The van der Waals surface area contributed by atoms with Gasteiger partial charge in [-0.25, -0.2) is 8.78 Å². The minimum Gasteiger partial charge on any atom is -0.342 e. The SMILES string of the molecule is C[C@@H](C(=O)Nc1cc(F)ccc1F)N1CCN(CC(=O)N2CCCCC2)CC1. The van der Waals surface area contributed by atoms with Crippen LogP contribution in [-0.2, 0) is 9.59 Å². The lowest BCUT2D eigenvalue weighted by Crippen LogP contribution is -2.54. The molecule has 1 aromatic rings. The second-order valence-corrected chi connectivity index (χ2v) is 7.54. The number of carbonyl (C=O) groups is 2. The molecule has 1 N–H and O–H groups in total. The molecule has 0 radical (unpaired) electrons. The van der Waals surface area contributed by atoms with Crippen LogP contribution in [0.15, 0.2) is 18.2 Å². The zero-order chi connectivity index (χ0) is 20.1. The monoisotopic (exact) mass is 394 g/mol. The molecule has 2 heterocycles. The van der Waals surface area contributed by atoms with Gasteiger partial charge in [-0.1, -0.05) is 0 Å². The van der Waals surface area contributed by atoms with E-state index in [0.29, 0.717) is 32.7 Å². The van der Waals surface area contributed by atoms with Gasteiger partial charge in [-0.2, -0.15) is 0 Å². The van der Waals surface area contributed by atoms with E-state index in [0.717, 1.165) is 44.1 Å². The zero-order valence-corrected chi connectivity index (χ0v) is 16.3. The van der Waals surface area contributed by atoms with E-state index in [9.17, 15) is 18.4 Å². The molecule has 2 aliphatic rings. The smallest absolute Gasteiger partial charge is 0.241 e. The fourth-order valence-corrected chi connectivity index (χ4v) is 3.74. The predicted molar refractivity (Wildman–Crippen MR) is 103 cm³/mol. The highest BCUT2D eigenvalue weighted by Gasteiger charge is 2.28. The number of anilines is 1. The number of piperazine rings is 1. The van der Waals surface area contributed by atoms with Crippen LogP contribution in [-0.4, -0.2) is 78.4 Å². The van der Waals surface area contributed by atoms with E-state index in [-0.39, 0.29) is 17.5 Å². The molecule has 1 atom stereocenters. The molecule has 2 saturated heterocycles. The average Bonchev–Trinajstić information content (AvgIpc) is 2.71. The Morgan fingerprint density at radius 3 is 2.39 bits per heavy atom. The van der Waals surface area contributed by atoms with E-state index in [4.69, 9.17) is 0 Å². The van der Waals surface area contributed by atoms with Gasteiger partial charge in [-0.3, -0.25) is 19.4 Å². The number of carbonyl (C=O) groups excluding carboxylic acids is 2. The summed E-state index contributed by atoms with van der Waals surface area (Å²) in [5.74, 6) is -1.46. The number of piperidine rings is 1. The van der Waals surface area contributed by atoms with Crippen LogP contribution in [0.3, 0.4) is 0 Å². The number of nitrogens with one attached hydrogen (secondary N) is 1. The van der Waals surface area contributed by atoms with Crippen molar-refractivity contribution in [1.82, 2.24) is 14.7 Å². The molecule has 2 aliphatic heterocycles. The van der Waals surface area contributed by atoms with Gasteiger partial charge in [0.05, 0.1) is 18.3 Å². The second-order valence-electron chi connectivity index (χ2n) is 7.54. The lowest BCUT2D eigenvalue weighted by molar-refractivity contribution is -0.134. The van der Waals surface area contributed by atoms with Crippen LogP contribution >= 0.6 is 0 Å². The second kappa shape index (κ2) is 9.43. The fourth-order valence-electron chi connectivity index (χ4n) is 3.74. The molecule has 6 nitrogen and oxygen atoms in total. The number of halogens is 2. The van der Waals surface area contributed by atoms with Gasteiger partial charge in [0.25, 0.3) is 0 Å². The van der Waals surface area contributed by atoms with Crippen LogP contribution in [0.1, 0.15) is 26.2 Å². The molecular formula is C20H28F2N4O2. The minimum absolute atomic E-state index is 0.150. The summed E-state index contributed by atoms with van der Waals surface area (Å²) in [5, 5.41) is 2.46. The van der Waals surface area contributed by atoms with E-state index in [1.165, 1.54) is 6.42 Å². The molecule has 2 amide bonds. The lowest BCUT2D eigenvalue weighted by Gasteiger charge is -2.38. The summed E-state index contributed by atoms with van der Waals surface area (Å²) >= 11 is 0. The minimum atomic E-state index is -0.664. The van der Waals surface area contributed by atoms with Crippen molar-refractivity contribution < 1.29 is 18.4 Å². The van der Waals surface area contributed by atoms with Crippen LogP contribution in [0, 0.1) is 11.6 Å². The molecule has 8 heteroatoms. The molecule has 3 rings (SSSR count). The van der Waals surface area contributed by atoms with E-state index in [1.807, 2.05) is 9.80 Å². The Labute approximate surface area is 164 Å². The Morgan fingerprint density at radius 1 is 1.04 bits per heavy atom. The number of hydrogen-bond acceptors (Lipinski definition) is 4. The first-order chi connectivity index (χ1) is 13.4. The summed E-state index contributed by atoms with van der Waals surface area (Å²) in [6.45, 7) is 6.57. The van der Waals surface area contributed by atoms with Gasteiger partial charge in [0, 0.05) is 45.3 Å². The molecular weight excluding hydrogens is 366 g/mol. The molecule has 0 spiro atoms.